The van der Waals surface area contributed by atoms with E-state index in [0.717, 1.165) is 18.5 Å². The van der Waals surface area contributed by atoms with E-state index < -0.39 is 10.0 Å². The zero-order chi connectivity index (χ0) is 16.7. The summed E-state index contributed by atoms with van der Waals surface area (Å²) >= 11 is 0. The van der Waals surface area contributed by atoms with Crippen LogP contribution in [-0.2, 0) is 21.2 Å². The summed E-state index contributed by atoms with van der Waals surface area (Å²) in [6.07, 6.45) is 4.12. The molecule has 124 valence electrons. The highest BCUT2D eigenvalue weighted by atomic mass is 32.2. The first-order chi connectivity index (χ1) is 11.5. The second-order valence-corrected chi connectivity index (χ2v) is 7.68. The number of hydrogen-bond donors (Lipinski definition) is 3. The van der Waals surface area contributed by atoms with Crippen molar-refractivity contribution >= 4 is 33.1 Å². The van der Waals surface area contributed by atoms with Crippen LogP contribution in [0.15, 0.2) is 41.4 Å². The van der Waals surface area contributed by atoms with Crippen LogP contribution in [0, 0.1) is 0 Å². The van der Waals surface area contributed by atoms with Crippen molar-refractivity contribution < 1.29 is 13.2 Å². The number of carbonyl (C=O) groups is 1. The zero-order valence-corrected chi connectivity index (χ0v) is 13.6. The Bertz CT molecular complexity index is 905. The molecule has 8 heteroatoms. The van der Waals surface area contributed by atoms with Crippen LogP contribution in [0.1, 0.15) is 18.4 Å². The molecule has 3 N–H and O–H groups in total. The SMILES string of the molecule is O=C1Cc2cc(S(=O)(=O)Nc3ccc(NC4CC4)cn3)ccc2N1. The number of rotatable bonds is 5. The molecule has 0 saturated heterocycles. The van der Waals surface area contributed by atoms with Gasteiger partial charge in [-0.25, -0.2) is 13.4 Å². The quantitative estimate of drug-likeness (QED) is 0.770. The number of anilines is 3. The molecule has 1 aliphatic heterocycles. The van der Waals surface area contributed by atoms with E-state index >= 15 is 0 Å². The number of fused-ring (bicyclic) bond motifs is 1. The van der Waals surface area contributed by atoms with Gasteiger partial charge in [-0.2, -0.15) is 0 Å². The molecule has 2 aliphatic rings. The Labute approximate surface area is 139 Å². The lowest BCUT2D eigenvalue weighted by molar-refractivity contribution is -0.115. The minimum Gasteiger partial charge on any atom is -0.381 e. The Kier molecular flexibility index (Phi) is 3.42. The van der Waals surface area contributed by atoms with Crippen LogP contribution in [0.5, 0.6) is 0 Å². The summed E-state index contributed by atoms with van der Waals surface area (Å²) in [7, 11) is -3.75. The zero-order valence-electron chi connectivity index (χ0n) is 12.7. The molecule has 4 rings (SSSR count). The predicted molar refractivity (Wildman–Crippen MR) is 90.5 cm³/mol. The van der Waals surface area contributed by atoms with Gasteiger partial charge < -0.3 is 10.6 Å². The molecule has 0 radical (unpaired) electrons. The van der Waals surface area contributed by atoms with Crippen LogP contribution in [0.4, 0.5) is 17.2 Å². The molecule has 2 heterocycles. The third kappa shape index (κ3) is 3.05. The number of nitrogens with one attached hydrogen (secondary N) is 3. The minimum atomic E-state index is -3.75. The van der Waals surface area contributed by atoms with E-state index in [1.54, 1.807) is 24.4 Å². The number of amides is 1. The summed E-state index contributed by atoms with van der Waals surface area (Å²) in [5.41, 5.74) is 2.22. The lowest BCUT2D eigenvalue weighted by atomic mass is 10.2. The third-order valence-electron chi connectivity index (χ3n) is 3.96. The molecule has 0 atom stereocenters. The summed E-state index contributed by atoms with van der Waals surface area (Å²) in [5, 5.41) is 5.97. The maximum absolute atomic E-state index is 12.5. The lowest BCUT2D eigenvalue weighted by Gasteiger charge is -2.10. The maximum Gasteiger partial charge on any atom is 0.263 e. The number of pyridine rings is 1. The molecule has 2 aromatic rings. The number of carbonyl (C=O) groups excluding carboxylic acids is 1. The summed E-state index contributed by atoms with van der Waals surface area (Å²) in [4.78, 5) is 15.6. The Morgan fingerprint density at radius 2 is 2.00 bits per heavy atom. The fourth-order valence-corrected chi connectivity index (χ4v) is 3.63. The average molecular weight is 344 g/mol. The van der Waals surface area contributed by atoms with Gasteiger partial charge >= 0.3 is 0 Å². The van der Waals surface area contributed by atoms with E-state index in [-0.39, 0.29) is 23.0 Å². The maximum atomic E-state index is 12.5. The van der Waals surface area contributed by atoms with Crippen LogP contribution in [0.2, 0.25) is 0 Å². The molecule has 1 amide bonds. The Morgan fingerprint density at radius 1 is 1.17 bits per heavy atom. The fourth-order valence-electron chi connectivity index (χ4n) is 2.57. The van der Waals surface area contributed by atoms with Gasteiger partial charge in [-0.3, -0.25) is 9.52 Å². The summed E-state index contributed by atoms with van der Waals surface area (Å²) in [6.45, 7) is 0. The van der Waals surface area contributed by atoms with Crippen molar-refractivity contribution in [2.45, 2.75) is 30.2 Å². The van der Waals surface area contributed by atoms with Gasteiger partial charge in [0.1, 0.15) is 5.82 Å². The molecule has 0 bridgehead atoms. The van der Waals surface area contributed by atoms with Crippen molar-refractivity contribution in [2.75, 3.05) is 15.4 Å². The van der Waals surface area contributed by atoms with Crippen molar-refractivity contribution in [3.05, 3.63) is 42.1 Å². The van der Waals surface area contributed by atoms with Gasteiger partial charge in [0.15, 0.2) is 0 Å². The van der Waals surface area contributed by atoms with Crippen molar-refractivity contribution in [3.8, 4) is 0 Å². The first-order valence-electron chi connectivity index (χ1n) is 7.68. The highest BCUT2D eigenvalue weighted by Crippen LogP contribution is 2.27. The number of hydrogen-bond acceptors (Lipinski definition) is 5. The average Bonchev–Trinajstić information content (AvgIpc) is 3.27. The molecule has 7 nitrogen and oxygen atoms in total. The molecule has 1 aliphatic carbocycles. The lowest BCUT2D eigenvalue weighted by Crippen LogP contribution is -2.14. The van der Waals surface area contributed by atoms with Crippen molar-refractivity contribution in [1.82, 2.24) is 4.98 Å². The standard InChI is InChI=1S/C16H16N4O3S/c21-16-8-10-7-13(4-5-14(10)19-16)24(22,23)20-15-6-3-12(9-17-15)18-11-1-2-11/h3-7,9,11,18H,1-2,8H2,(H,17,20)(H,19,21). The summed E-state index contributed by atoms with van der Waals surface area (Å²) in [5.74, 6) is 0.124. The van der Waals surface area contributed by atoms with E-state index in [1.165, 1.54) is 12.1 Å². The predicted octanol–water partition coefficient (Wildman–Crippen LogP) is 1.95. The van der Waals surface area contributed by atoms with Crippen LogP contribution < -0.4 is 15.4 Å². The monoisotopic (exact) mass is 344 g/mol. The van der Waals surface area contributed by atoms with Crippen molar-refractivity contribution in [2.24, 2.45) is 0 Å². The molecule has 0 unspecified atom stereocenters. The molecule has 1 saturated carbocycles. The molecule has 1 aromatic carbocycles. The van der Waals surface area contributed by atoms with Crippen LogP contribution >= 0.6 is 0 Å². The molecule has 24 heavy (non-hydrogen) atoms. The third-order valence-corrected chi connectivity index (χ3v) is 5.32. The molecular weight excluding hydrogens is 328 g/mol. The van der Waals surface area contributed by atoms with Crippen molar-refractivity contribution in [1.29, 1.82) is 0 Å². The Morgan fingerprint density at radius 3 is 2.71 bits per heavy atom. The van der Waals surface area contributed by atoms with E-state index in [4.69, 9.17) is 0 Å². The topological polar surface area (TPSA) is 100 Å². The molecule has 1 fully saturated rings. The van der Waals surface area contributed by atoms with Crippen LogP contribution in [-0.4, -0.2) is 25.4 Å². The van der Waals surface area contributed by atoms with Crippen LogP contribution in [0.25, 0.3) is 0 Å². The van der Waals surface area contributed by atoms with Gasteiger partial charge in [0.05, 0.1) is 23.2 Å². The second-order valence-electron chi connectivity index (χ2n) is 6.00. The number of nitrogens with zero attached hydrogens (tertiary/aromatic N) is 1. The van der Waals surface area contributed by atoms with Gasteiger partial charge in [-0.15, -0.1) is 0 Å². The molecule has 0 spiro atoms. The van der Waals surface area contributed by atoms with E-state index in [9.17, 15) is 13.2 Å². The molecular formula is C16H16N4O3S. The summed E-state index contributed by atoms with van der Waals surface area (Å²) < 4.78 is 27.4. The molecule has 1 aromatic heterocycles. The highest BCUT2D eigenvalue weighted by Gasteiger charge is 2.23. The van der Waals surface area contributed by atoms with Gasteiger partial charge in [-0.05, 0) is 48.7 Å². The van der Waals surface area contributed by atoms with Gasteiger partial charge in [0.2, 0.25) is 5.91 Å². The Balaban J connectivity index is 1.52. The van der Waals surface area contributed by atoms with E-state index in [2.05, 4.69) is 20.3 Å². The first-order valence-corrected chi connectivity index (χ1v) is 9.16. The van der Waals surface area contributed by atoms with E-state index in [1.807, 2.05) is 0 Å². The highest BCUT2D eigenvalue weighted by molar-refractivity contribution is 7.92. The Hall–Kier alpha value is -2.61. The minimum absolute atomic E-state index is 0.111. The fraction of sp³-hybridized carbons (Fsp3) is 0.250. The summed E-state index contributed by atoms with van der Waals surface area (Å²) in [6, 6.07) is 8.52. The van der Waals surface area contributed by atoms with Crippen LogP contribution in [0.3, 0.4) is 0 Å². The van der Waals surface area contributed by atoms with Crippen molar-refractivity contribution in [3.63, 3.8) is 0 Å². The number of sulfonamides is 1. The smallest absolute Gasteiger partial charge is 0.263 e. The normalized spacial score (nSPS) is 16.4. The number of aromatic nitrogens is 1. The van der Waals surface area contributed by atoms with Gasteiger partial charge in [0.25, 0.3) is 10.0 Å². The largest absolute Gasteiger partial charge is 0.381 e. The first kappa shape index (κ1) is 14.9. The van der Waals surface area contributed by atoms with Gasteiger partial charge in [-0.1, -0.05) is 0 Å². The van der Waals surface area contributed by atoms with E-state index in [0.29, 0.717) is 17.3 Å². The second kappa shape index (κ2) is 5.48. The number of benzene rings is 1. The van der Waals surface area contributed by atoms with Gasteiger partial charge in [0, 0.05) is 11.7 Å².